The number of rotatable bonds is 6. The van der Waals surface area contributed by atoms with E-state index in [9.17, 15) is 14.0 Å². The molecule has 0 bridgehead atoms. The van der Waals surface area contributed by atoms with E-state index < -0.39 is 23.8 Å². The van der Waals surface area contributed by atoms with Crippen molar-refractivity contribution >= 4 is 23.6 Å². The van der Waals surface area contributed by atoms with Crippen LogP contribution >= 0.6 is 11.8 Å². The number of esters is 1. The van der Waals surface area contributed by atoms with E-state index in [0.717, 1.165) is 12.1 Å². The van der Waals surface area contributed by atoms with Crippen LogP contribution in [-0.4, -0.2) is 30.0 Å². The number of nitrogens with two attached hydrogens (primary N) is 1. The van der Waals surface area contributed by atoms with Crippen molar-refractivity contribution in [2.45, 2.75) is 12.5 Å². The Labute approximate surface area is 109 Å². The predicted molar refractivity (Wildman–Crippen MR) is 67.8 cm³/mol. The minimum absolute atomic E-state index is 0.187. The van der Waals surface area contributed by atoms with Crippen LogP contribution in [0.15, 0.2) is 24.3 Å². The van der Waals surface area contributed by atoms with E-state index in [2.05, 4.69) is 0 Å². The van der Waals surface area contributed by atoms with Crippen molar-refractivity contribution in [2.24, 2.45) is 5.73 Å². The third-order valence-corrected chi connectivity index (χ3v) is 2.87. The fourth-order valence-corrected chi connectivity index (χ4v) is 1.72. The molecule has 4 nitrogen and oxygen atoms in total. The monoisotopic (exact) mass is 271 g/mol. The molecule has 1 amide bonds. The third-order valence-electron chi connectivity index (χ3n) is 2.23. The van der Waals surface area contributed by atoms with E-state index in [1.807, 2.05) is 6.26 Å². The van der Waals surface area contributed by atoms with Gasteiger partial charge in [-0.2, -0.15) is 11.8 Å². The average Bonchev–Trinajstić information content (AvgIpc) is 2.34. The zero-order valence-electron chi connectivity index (χ0n) is 9.89. The summed E-state index contributed by atoms with van der Waals surface area (Å²) in [5, 5.41) is 0. The lowest BCUT2D eigenvalue weighted by Gasteiger charge is -2.14. The summed E-state index contributed by atoms with van der Waals surface area (Å²) in [5.41, 5.74) is 5.33. The van der Waals surface area contributed by atoms with Gasteiger partial charge in [-0.05, 0) is 36.3 Å². The molecule has 0 aromatic heterocycles. The van der Waals surface area contributed by atoms with Gasteiger partial charge in [0.2, 0.25) is 0 Å². The lowest BCUT2D eigenvalue weighted by Crippen LogP contribution is -2.33. The molecule has 18 heavy (non-hydrogen) atoms. The Morgan fingerprint density at radius 2 is 2.00 bits per heavy atom. The van der Waals surface area contributed by atoms with E-state index in [1.165, 1.54) is 23.9 Å². The van der Waals surface area contributed by atoms with Crippen LogP contribution in [0.5, 0.6) is 0 Å². The summed E-state index contributed by atoms with van der Waals surface area (Å²) in [6, 6.07) is 4.89. The van der Waals surface area contributed by atoms with Crippen molar-refractivity contribution < 1.29 is 18.7 Å². The maximum absolute atomic E-state index is 12.7. The molecule has 0 heterocycles. The van der Waals surface area contributed by atoms with Crippen molar-refractivity contribution in [3.8, 4) is 0 Å². The summed E-state index contributed by atoms with van der Waals surface area (Å²) in [5.74, 6) is -1.15. The predicted octanol–water partition coefficient (Wildman–Crippen LogP) is 1.59. The number of benzene rings is 1. The number of carbonyl (C=O) groups excluding carboxylic acids is 2. The van der Waals surface area contributed by atoms with Crippen LogP contribution in [0.1, 0.15) is 16.8 Å². The molecular weight excluding hydrogens is 257 g/mol. The summed E-state index contributed by atoms with van der Waals surface area (Å²) in [4.78, 5) is 22.8. The number of hydrogen-bond donors (Lipinski definition) is 1. The minimum Gasteiger partial charge on any atom is -0.449 e. The number of halogens is 1. The molecule has 0 saturated heterocycles. The summed E-state index contributed by atoms with van der Waals surface area (Å²) < 4.78 is 17.7. The summed E-state index contributed by atoms with van der Waals surface area (Å²) in [6.45, 7) is 0. The lowest BCUT2D eigenvalue weighted by atomic mass is 10.2. The van der Waals surface area contributed by atoms with Crippen LogP contribution < -0.4 is 5.73 Å². The average molecular weight is 271 g/mol. The number of hydrogen-bond acceptors (Lipinski definition) is 4. The van der Waals surface area contributed by atoms with Gasteiger partial charge in [-0.1, -0.05) is 0 Å². The van der Waals surface area contributed by atoms with Gasteiger partial charge in [-0.3, -0.25) is 4.79 Å². The van der Waals surface area contributed by atoms with E-state index in [1.54, 1.807) is 0 Å². The summed E-state index contributed by atoms with van der Waals surface area (Å²) in [6.07, 6.45) is 1.29. The molecule has 0 aliphatic carbocycles. The first-order valence-corrected chi connectivity index (χ1v) is 6.68. The van der Waals surface area contributed by atoms with Gasteiger partial charge in [0, 0.05) is 6.42 Å². The normalized spacial score (nSPS) is 11.9. The molecule has 1 rings (SSSR count). The second-order valence-corrected chi connectivity index (χ2v) is 4.57. The third kappa shape index (κ3) is 4.37. The molecule has 0 unspecified atom stereocenters. The standard InChI is InChI=1S/C12H14FNO3S/c1-18-7-6-10(11(14)15)17-12(16)8-2-4-9(13)5-3-8/h2-5,10H,6-7H2,1H3,(H2,14,15)/t10-/m1/s1. The molecule has 98 valence electrons. The zero-order valence-corrected chi connectivity index (χ0v) is 10.7. The van der Waals surface area contributed by atoms with Gasteiger partial charge in [-0.25, -0.2) is 9.18 Å². The van der Waals surface area contributed by atoms with Crippen LogP contribution in [-0.2, 0) is 9.53 Å². The van der Waals surface area contributed by atoms with Gasteiger partial charge in [-0.15, -0.1) is 0 Å². The van der Waals surface area contributed by atoms with E-state index in [0.29, 0.717) is 12.2 Å². The van der Waals surface area contributed by atoms with Gasteiger partial charge < -0.3 is 10.5 Å². The van der Waals surface area contributed by atoms with Gasteiger partial charge in [0.05, 0.1) is 5.56 Å². The SMILES string of the molecule is CSCC[C@@H](OC(=O)c1ccc(F)cc1)C(N)=O. The Morgan fingerprint density at radius 3 is 2.50 bits per heavy atom. The number of carbonyl (C=O) groups is 2. The summed E-state index contributed by atoms with van der Waals surface area (Å²) >= 11 is 1.52. The Hall–Kier alpha value is -1.56. The maximum atomic E-state index is 12.7. The van der Waals surface area contributed by atoms with Crippen LogP contribution in [0.25, 0.3) is 0 Å². The zero-order chi connectivity index (χ0) is 13.5. The Bertz CT molecular complexity index is 422. The van der Waals surface area contributed by atoms with Gasteiger partial charge in [0.25, 0.3) is 5.91 Å². The van der Waals surface area contributed by atoms with E-state index in [4.69, 9.17) is 10.5 Å². The molecule has 0 spiro atoms. The number of primary amides is 1. The number of ether oxygens (including phenoxy) is 1. The first-order chi connectivity index (χ1) is 8.54. The van der Waals surface area contributed by atoms with Gasteiger partial charge >= 0.3 is 5.97 Å². The van der Waals surface area contributed by atoms with E-state index >= 15 is 0 Å². The highest BCUT2D eigenvalue weighted by molar-refractivity contribution is 7.98. The summed E-state index contributed by atoms with van der Waals surface area (Å²) in [7, 11) is 0. The first-order valence-electron chi connectivity index (χ1n) is 5.29. The van der Waals surface area contributed by atoms with Crippen molar-refractivity contribution in [1.29, 1.82) is 0 Å². The van der Waals surface area contributed by atoms with Crippen molar-refractivity contribution in [3.05, 3.63) is 35.6 Å². The number of thioether (sulfide) groups is 1. The highest BCUT2D eigenvalue weighted by Gasteiger charge is 2.20. The lowest BCUT2D eigenvalue weighted by molar-refractivity contribution is -0.126. The largest absolute Gasteiger partial charge is 0.449 e. The highest BCUT2D eigenvalue weighted by Crippen LogP contribution is 2.09. The van der Waals surface area contributed by atoms with Crippen molar-refractivity contribution in [2.75, 3.05) is 12.0 Å². The quantitative estimate of drug-likeness (QED) is 0.798. The number of amides is 1. The molecule has 1 atom stereocenters. The second-order valence-electron chi connectivity index (χ2n) is 3.58. The van der Waals surface area contributed by atoms with Crippen LogP contribution in [0.2, 0.25) is 0 Å². The molecule has 2 N–H and O–H groups in total. The van der Waals surface area contributed by atoms with Gasteiger partial charge in [0.1, 0.15) is 5.82 Å². The van der Waals surface area contributed by atoms with Crippen molar-refractivity contribution in [1.82, 2.24) is 0 Å². The van der Waals surface area contributed by atoms with Crippen LogP contribution in [0.3, 0.4) is 0 Å². The Balaban J connectivity index is 2.66. The second kappa shape index (κ2) is 7.00. The smallest absolute Gasteiger partial charge is 0.338 e. The highest BCUT2D eigenvalue weighted by atomic mass is 32.2. The fourth-order valence-electron chi connectivity index (χ4n) is 1.27. The van der Waals surface area contributed by atoms with Crippen LogP contribution in [0, 0.1) is 5.82 Å². The van der Waals surface area contributed by atoms with Gasteiger partial charge in [0.15, 0.2) is 6.10 Å². The molecule has 6 heteroatoms. The molecule has 0 fully saturated rings. The Kier molecular flexibility index (Phi) is 5.64. The molecular formula is C12H14FNO3S. The maximum Gasteiger partial charge on any atom is 0.338 e. The molecule has 0 aliphatic heterocycles. The molecule has 1 aromatic rings. The molecule has 0 aliphatic rings. The van der Waals surface area contributed by atoms with Crippen molar-refractivity contribution in [3.63, 3.8) is 0 Å². The van der Waals surface area contributed by atoms with Crippen LogP contribution in [0.4, 0.5) is 4.39 Å². The molecule has 0 radical (unpaired) electrons. The van der Waals surface area contributed by atoms with E-state index in [-0.39, 0.29) is 5.56 Å². The Morgan fingerprint density at radius 1 is 1.39 bits per heavy atom. The molecule has 0 saturated carbocycles. The fraction of sp³-hybridized carbons (Fsp3) is 0.333. The topological polar surface area (TPSA) is 69.4 Å². The first kappa shape index (κ1) is 14.5. The molecule has 1 aromatic carbocycles. The minimum atomic E-state index is -0.949.